The van der Waals surface area contributed by atoms with Crippen molar-refractivity contribution in [1.82, 2.24) is 0 Å². The van der Waals surface area contributed by atoms with Crippen molar-refractivity contribution < 1.29 is 19.4 Å². The van der Waals surface area contributed by atoms with Gasteiger partial charge < -0.3 is 14.6 Å². The van der Waals surface area contributed by atoms with Gasteiger partial charge in [0.2, 0.25) is 0 Å². The number of amides is 1. The summed E-state index contributed by atoms with van der Waals surface area (Å²) in [6.07, 6.45) is -0.610. The molecule has 1 aromatic rings. The maximum atomic E-state index is 11.2. The minimum atomic E-state index is -0.610. The normalized spacial score (nSPS) is 9.62. The van der Waals surface area contributed by atoms with E-state index in [0.29, 0.717) is 18.0 Å². The summed E-state index contributed by atoms with van der Waals surface area (Å²) in [6, 6.07) is 7.07. The monoisotopic (exact) mass is 225 g/mol. The molecule has 1 aromatic carbocycles. The molecule has 2 N–H and O–H groups in total. The lowest BCUT2D eigenvalue weighted by atomic mass is 10.3. The molecule has 5 nitrogen and oxygen atoms in total. The molecule has 16 heavy (non-hydrogen) atoms. The summed E-state index contributed by atoms with van der Waals surface area (Å²) in [5, 5.41) is 11.0. The van der Waals surface area contributed by atoms with E-state index in [2.05, 4.69) is 10.1 Å². The van der Waals surface area contributed by atoms with Gasteiger partial charge in [0, 0.05) is 0 Å². The molecule has 0 unspecified atom stereocenters. The van der Waals surface area contributed by atoms with Gasteiger partial charge >= 0.3 is 6.09 Å². The van der Waals surface area contributed by atoms with Crippen LogP contribution in [0.4, 0.5) is 10.5 Å². The number of hydrogen-bond donors (Lipinski definition) is 2. The summed E-state index contributed by atoms with van der Waals surface area (Å²) in [6.45, 7) is 2.16. The molecule has 0 heterocycles. The van der Waals surface area contributed by atoms with Gasteiger partial charge in [0.15, 0.2) is 0 Å². The number of para-hydroxylation sites is 2. The largest absolute Gasteiger partial charge is 0.492 e. The number of benzene rings is 1. The Morgan fingerprint density at radius 1 is 1.44 bits per heavy atom. The molecule has 0 fully saturated rings. The Labute approximate surface area is 94.0 Å². The van der Waals surface area contributed by atoms with Crippen molar-refractivity contribution in [2.45, 2.75) is 6.92 Å². The van der Waals surface area contributed by atoms with E-state index in [4.69, 9.17) is 9.84 Å². The maximum absolute atomic E-state index is 11.2. The van der Waals surface area contributed by atoms with E-state index in [9.17, 15) is 4.79 Å². The van der Waals surface area contributed by atoms with Crippen LogP contribution in [-0.4, -0.2) is 31.0 Å². The molecule has 0 spiro atoms. The van der Waals surface area contributed by atoms with Gasteiger partial charge in [0.1, 0.15) is 12.4 Å². The zero-order valence-electron chi connectivity index (χ0n) is 9.10. The second-order valence-corrected chi connectivity index (χ2v) is 2.91. The topological polar surface area (TPSA) is 67.8 Å². The molecule has 88 valence electrons. The Kier molecular flexibility index (Phi) is 5.15. The first-order valence-corrected chi connectivity index (χ1v) is 5.04. The van der Waals surface area contributed by atoms with Crippen LogP contribution in [0.1, 0.15) is 6.92 Å². The molecular formula is C11H15NO4. The fourth-order valence-corrected chi connectivity index (χ4v) is 1.14. The second kappa shape index (κ2) is 6.68. The van der Waals surface area contributed by atoms with Crippen LogP contribution in [0.25, 0.3) is 0 Å². The molecule has 0 aliphatic heterocycles. The summed E-state index contributed by atoms with van der Waals surface area (Å²) in [5.41, 5.74) is 0.548. The van der Waals surface area contributed by atoms with Gasteiger partial charge in [-0.2, -0.15) is 0 Å². The molecule has 0 atom stereocenters. The minimum Gasteiger partial charge on any atom is -0.492 e. The van der Waals surface area contributed by atoms with Crippen LogP contribution in [0.5, 0.6) is 5.75 Å². The van der Waals surface area contributed by atoms with Gasteiger partial charge in [-0.1, -0.05) is 12.1 Å². The second-order valence-electron chi connectivity index (χ2n) is 2.91. The molecule has 0 radical (unpaired) electrons. The molecule has 1 amide bonds. The van der Waals surface area contributed by atoms with Crippen LogP contribution in [0.15, 0.2) is 24.3 Å². The molecule has 0 bridgehead atoms. The number of hydrogen-bond acceptors (Lipinski definition) is 4. The van der Waals surface area contributed by atoms with Crippen molar-refractivity contribution in [2.24, 2.45) is 0 Å². The van der Waals surface area contributed by atoms with Gasteiger partial charge in [0.25, 0.3) is 0 Å². The van der Waals surface area contributed by atoms with Crippen molar-refractivity contribution in [3.05, 3.63) is 24.3 Å². The highest BCUT2D eigenvalue weighted by Gasteiger charge is 2.07. The van der Waals surface area contributed by atoms with Crippen LogP contribution >= 0.6 is 0 Å². The predicted molar refractivity (Wildman–Crippen MR) is 59.7 cm³/mol. The zero-order valence-corrected chi connectivity index (χ0v) is 9.10. The maximum Gasteiger partial charge on any atom is 0.411 e. The van der Waals surface area contributed by atoms with Crippen LogP contribution in [0.2, 0.25) is 0 Å². The zero-order chi connectivity index (χ0) is 11.8. The first-order valence-electron chi connectivity index (χ1n) is 5.04. The Bertz CT molecular complexity index is 341. The lowest BCUT2D eigenvalue weighted by Gasteiger charge is -2.10. The lowest BCUT2D eigenvalue weighted by molar-refractivity contribution is 0.131. The van der Waals surface area contributed by atoms with Crippen LogP contribution < -0.4 is 10.1 Å². The predicted octanol–water partition coefficient (Wildman–Crippen LogP) is 1.63. The Morgan fingerprint density at radius 3 is 2.88 bits per heavy atom. The SMILES string of the molecule is CCOc1ccccc1NC(=O)OCCO. The molecule has 0 saturated heterocycles. The third-order valence-corrected chi connectivity index (χ3v) is 1.75. The highest BCUT2D eigenvalue weighted by Crippen LogP contribution is 2.23. The fraction of sp³-hybridized carbons (Fsp3) is 0.364. The number of carbonyl (C=O) groups excluding carboxylic acids is 1. The quantitative estimate of drug-likeness (QED) is 0.799. The van der Waals surface area contributed by atoms with E-state index in [1.54, 1.807) is 18.2 Å². The number of aliphatic hydroxyl groups excluding tert-OH is 1. The number of anilines is 1. The van der Waals surface area contributed by atoms with Crippen LogP contribution in [0, 0.1) is 0 Å². The van der Waals surface area contributed by atoms with E-state index in [0.717, 1.165) is 0 Å². The van der Waals surface area contributed by atoms with Crippen molar-refractivity contribution in [2.75, 3.05) is 25.1 Å². The van der Waals surface area contributed by atoms with Gasteiger partial charge in [-0.05, 0) is 19.1 Å². The summed E-state index contributed by atoms with van der Waals surface area (Å²) in [7, 11) is 0. The fourth-order valence-electron chi connectivity index (χ4n) is 1.14. The highest BCUT2D eigenvalue weighted by atomic mass is 16.6. The molecular weight excluding hydrogens is 210 g/mol. The van der Waals surface area contributed by atoms with Gasteiger partial charge in [-0.25, -0.2) is 4.79 Å². The van der Waals surface area contributed by atoms with Crippen molar-refractivity contribution in [3.63, 3.8) is 0 Å². The van der Waals surface area contributed by atoms with E-state index >= 15 is 0 Å². The van der Waals surface area contributed by atoms with Crippen LogP contribution in [-0.2, 0) is 4.74 Å². The van der Waals surface area contributed by atoms with Crippen molar-refractivity contribution >= 4 is 11.8 Å². The van der Waals surface area contributed by atoms with Crippen molar-refractivity contribution in [3.8, 4) is 5.75 Å². The van der Waals surface area contributed by atoms with E-state index in [-0.39, 0.29) is 13.2 Å². The molecule has 1 rings (SSSR count). The third-order valence-electron chi connectivity index (χ3n) is 1.75. The van der Waals surface area contributed by atoms with Crippen molar-refractivity contribution in [1.29, 1.82) is 0 Å². The number of nitrogens with one attached hydrogen (secondary N) is 1. The average Bonchev–Trinajstić information content (AvgIpc) is 2.29. The Hall–Kier alpha value is -1.75. The molecule has 0 aliphatic rings. The third kappa shape index (κ3) is 3.78. The highest BCUT2D eigenvalue weighted by molar-refractivity contribution is 5.86. The average molecular weight is 225 g/mol. The van der Waals surface area contributed by atoms with E-state index in [1.807, 2.05) is 13.0 Å². The van der Waals surface area contributed by atoms with E-state index < -0.39 is 6.09 Å². The molecule has 5 heteroatoms. The number of carbonyl (C=O) groups is 1. The molecule has 0 aromatic heterocycles. The Morgan fingerprint density at radius 2 is 2.19 bits per heavy atom. The summed E-state index contributed by atoms with van der Waals surface area (Å²) < 4.78 is 10.00. The first kappa shape index (κ1) is 12.3. The minimum absolute atomic E-state index is 0.0252. The summed E-state index contributed by atoms with van der Waals surface area (Å²) >= 11 is 0. The van der Waals surface area contributed by atoms with Crippen LogP contribution in [0.3, 0.4) is 0 Å². The van der Waals surface area contributed by atoms with Gasteiger partial charge in [0.05, 0.1) is 18.9 Å². The van der Waals surface area contributed by atoms with Gasteiger partial charge in [-0.3, -0.25) is 5.32 Å². The van der Waals surface area contributed by atoms with Gasteiger partial charge in [-0.15, -0.1) is 0 Å². The number of ether oxygens (including phenoxy) is 2. The Balaban J connectivity index is 2.61. The number of aliphatic hydroxyl groups is 1. The molecule has 0 saturated carbocycles. The standard InChI is InChI=1S/C11H15NO4/c1-2-15-10-6-4-3-5-9(10)12-11(14)16-8-7-13/h3-6,13H,2,7-8H2,1H3,(H,12,14). The summed E-state index contributed by atoms with van der Waals surface area (Å²) in [4.78, 5) is 11.2. The first-order chi connectivity index (χ1) is 7.77. The summed E-state index contributed by atoms with van der Waals surface area (Å²) in [5.74, 6) is 0.589. The smallest absolute Gasteiger partial charge is 0.411 e. The van der Waals surface area contributed by atoms with E-state index in [1.165, 1.54) is 0 Å². The lowest BCUT2D eigenvalue weighted by Crippen LogP contribution is -2.16. The molecule has 0 aliphatic carbocycles. The number of rotatable bonds is 5.